The molecule has 0 amide bonds. The second-order valence-corrected chi connectivity index (χ2v) is 9.81. The number of aromatic amines is 2. The summed E-state index contributed by atoms with van der Waals surface area (Å²) < 4.78 is 6.19. The number of hydrogen-bond acceptors (Lipinski definition) is 7. The van der Waals surface area contributed by atoms with Gasteiger partial charge in [-0.3, -0.25) is 5.10 Å². The van der Waals surface area contributed by atoms with Crippen LogP contribution in [0.5, 0.6) is 11.8 Å². The molecule has 9 nitrogen and oxygen atoms in total. The normalized spacial score (nSPS) is 13.9. The van der Waals surface area contributed by atoms with Crippen LogP contribution in [-0.4, -0.2) is 51.3 Å². The van der Waals surface area contributed by atoms with Crippen molar-refractivity contribution in [1.29, 1.82) is 0 Å². The van der Waals surface area contributed by atoms with E-state index in [1.165, 1.54) is 5.69 Å². The first-order valence-corrected chi connectivity index (χ1v) is 13.3. The molecule has 0 aliphatic carbocycles. The van der Waals surface area contributed by atoms with Gasteiger partial charge in [-0.2, -0.15) is 15.1 Å². The molecule has 5 aromatic rings. The number of ether oxygens (including phenoxy) is 1. The molecule has 0 bridgehead atoms. The summed E-state index contributed by atoms with van der Waals surface area (Å²) in [5.74, 6) is 2.49. The van der Waals surface area contributed by atoms with E-state index in [2.05, 4.69) is 59.5 Å². The maximum atomic E-state index is 6.72. The summed E-state index contributed by atoms with van der Waals surface area (Å²) in [6.45, 7) is 7.35. The van der Waals surface area contributed by atoms with Gasteiger partial charge in [-0.15, -0.1) is 0 Å². The zero-order chi connectivity index (χ0) is 26.8. The summed E-state index contributed by atoms with van der Waals surface area (Å²) in [4.78, 5) is 17.4. The Hall–Kier alpha value is -4.50. The molecular weight excluding hydrogens is 512 g/mol. The number of allylic oxidation sites excluding steroid dienone is 1. The SMILES string of the molecule is C/C=C/c1cc(Nc2cc(N3CCN(c4ccccc4)CC3)nc(Oc3ccc4[nH]c(C)cc4c3Cl)n2)n[nH]1. The molecule has 3 N–H and O–H groups in total. The highest BCUT2D eigenvalue weighted by Gasteiger charge is 2.21. The number of benzene rings is 2. The summed E-state index contributed by atoms with van der Waals surface area (Å²) in [6.07, 6.45) is 3.90. The van der Waals surface area contributed by atoms with Gasteiger partial charge in [-0.1, -0.05) is 35.9 Å². The highest BCUT2D eigenvalue weighted by atomic mass is 35.5. The minimum Gasteiger partial charge on any atom is -0.423 e. The van der Waals surface area contributed by atoms with E-state index in [9.17, 15) is 0 Å². The third-order valence-electron chi connectivity index (χ3n) is 6.66. The molecule has 6 rings (SSSR count). The molecular formula is C29H29ClN8O. The molecule has 0 radical (unpaired) electrons. The molecule has 39 heavy (non-hydrogen) atoms. The van der Waals surface area contributed by atoms with Gasteiger partial charge in [0.1, 0.15) is 17.4 Å². The Balaban J connectivity index is 1.29. The standard InChI is InChI=1S/C29H29ClN8O/c1-3-7-20-17-26(36-35-20)32-25-18-27(38-14-12-37(13-15-38)21-8-5-4-6-9-21)34-29(33-25)39-24-11-10-23-22(28(24)30)16-19(2)31-23/h3-11,16-18,31H,12-15H2,1-2H3,(H2,32,33,34,35,36)/b7-3+. The second kappa shape index (κ2) is 10.7. The number of aryl methyl sites for hydroxylation is 1. The van der Waals surface area contributed by atoms with E-state index < -0.39 is 0 Å². The first kappa shape index (κ1) is 24.8. The lowest BCUT2D eigenvalue weighted by Crippen LogP contribution is -2.46. The molecule has 1 aliphatic heterocycles. The summed E-state index contributed by atoms with van der Waals surface area (Å²) in [5, 5.41) is 12.0. The van der Waals surface area contributed by atoms with Crippen molar-refractivity contribution in [3.05, 3.63) is 83.2 Å². The highest BCUT2D eigenvalue weighted by molar-refractivity contribution is 6.37. The number of hydrogen-bond donors (Lipinski definition) is 3. The molecule has 0 spiro atoms. The molecule has 1 aliphatic rings. The van der Waals surface area contributed by atoms with Crippen LogP contribution < -0.4 is 19.9 Å². The number of anilines is 4. The molecule has 0 unspecified atom stereocenters. The molecule has 0 saturated carbocycles. The Morgan fingerprint density at radius 1 is 0.949 bits per heavy atom. The number of halogens is 1. The zero-order valence-corrected chi connectivity index (χ0v) is 22.5. The summed E-state index contributed by atoms with van der Waals surface area (Å²) in [5.41, 5.74) is 4.10. The van der Waals surface area contributed by atoms with Gasteiger partial charge in [-0.05, 0) is 50.3 Å². The molecule has 2 aromatic carbocycles. The van der Waals surface area contributed by atoms with Gasteiger partial charge in [0.2, 0.25) is 0 Å². The van der Waals surface area contributed by atoms with Crippen LogP contribution in [0.15, 0.2) is 66.7 Å². The van der Waals surface area contributed by atoms with Crippen LogP contribution in [0.4, 0.5) is 23.1 Å². The van der Waals surface area contributed by atoms with E-state index in [-0.39, 0.29) is 6.01 Å². The number of para-hydroxylation sites is 1. The monoisotopic (exact) mass is 540 g/mol. The predicted molar refractivity (Wildman–Crippen MR) is 158 cm³/mol. The van der Waals surface area contributed by atoms with Gasteiger partial charge in [0.05, 0.1) is 10.7 Å². The maximum Gasteiger partial charge on any atom is 0.325 e. The fourth-order valence-corrected chi connectivity index (χ4v) is 5.04. The van der Waals surface area contributed by atoms with E-state index in [1.54, 1.807) is 0 Å². The maximum absolute atomic E-state index is 6.72. The Morgan fingerprint density at radius 3 is 2.54 bits per heavy atom. The van der Waals surface area contributed by atoms with Crippen LogP contribution in [0.25, 0.3) is 17.0 Å². The van der Waals surface area contributed by atoms with Crippen LogP contribution >= 0.6 is 11.6 Å². The predicted octanol–water partition coefficient (Wildman–Crippen LogP) is 6.54. The van der Waals surface area contributed by atoms with E-state index in [1.807, 2.05) is 62.4 Å². The van der Waals surface area contributed by atoms with Crippen molar-refractivity contribution in [3.63, 3.8) is 0 Å². The zero-order valence-electron chi connectivity index (χ0n) is 21.8. The second-order valence-electron chi connectivity index (χ2n) is 9.43. The molecule has 10 heteroatoms. The molecule has 198 valence electrons. The van der Waals surface area contributed by atoms with Gasteiger partial charge in [0.25, 0.3) is 0 Å². The van der Waals surface area contributed by atoms with Crippen molar-refractivity contribution in [1.82, 2.24) is 25.1 Å². The fraction of sp³-hybridized carbons (Fsp3) is 0.207. The number of piperazine rings is 1. The van der Waals surface area contributed by atoms with Crippen LogP contribution in [0.2, 0.25) is 5.02 Å². The minimum absolute atomic E-state index is 0.207. The largest absolute Gasteiger partial charge is 0.423 e. The molecule has 4 heterocycles. The molecule has 0 atom stereocenters. The van der Waals surface area contributed by atoms with Gasteiger partial charge >= 0.3 is 6.01 Å². The number of nitrogens with one attached hydrogen (secondary N) is 3. The van der Waals surface area contributed by atoms with Gasteiger partial charge in [0, 0.05) is 60.6 Å². The lowest BCUT2D eigenvalue weighted by atomic mass is 10.2. The van der Waals surface area contributed by atoms with Crippen LogP contribution in [0, 0.1) is 6.92 Å². The van der Waals surface area contributed by atoms with Crippen LogP contribution in [0.1, 0.15) is 18.3 Å². The van der Waals surface area contributed by atoms with Crippen molar-refractivity contribution in [3.8, 4) is 11.8 Å². The third kappa shape index (κ3) is 5.39. The van der Waals surface area contributed by atoms with E-state index in [0.717, 1.165) is 54.3 Å². The van der Waals surface area contributed by atoms with Crippen molar-refractivity contribution in [2.75, 3.05) is 41.3 Å². The number of rotatable bonds is 7. The van der Waals surface area contributed by atoms with E-state index in [0.29, 0.717) is 22.4 Å². The Kier molecular flexibility index (Phi) is 6.81. The number of fused-ring (bicyclic) bond motifs is 1. The Bertz CT molecular complexity index is 1620. The third-order valence-corrected chi connectivity index (χ3v) is 7.05. The summed E-state index contributed by atoms with van der Waals surface area (Å²) in [7, 11) is 0. The van der Waals surface area contributed by atoms with Gasteiger partial charge in [-0.25, -0.2) is 0 Å². The highest BCUT2D eigenvalue weighted by Crippen LogP contribution is 2.36. The van der Waals surface area contributed by atoms with Crippen molar-refractivity contribution < 1.29 is 4.74 Å². The van der Waals surface area contributed by atoms with E-state index >= 15 is 0 Å². The van der Waals surface area contributed by atoms with Crippen molar-refractivity contribution in [2.24, 2.45) is 0 Å². The van der Waals surface area contributed by atoms with Crippen molar-refractivity contribution in [2.45, 2.75) is 13.8 Å². The molecule has 1 fully saturated rings. The summed E-state index contributed by atoms with van der Waals surface area (Å²) >= 11 is 6.72. The average molecular weight is 541 g/mol. The Labute approximate surface area is 231 Å². The van der Waals surface area contributed by atoms with E-state index in [4.69, 9.17) is 21.3 Å². The summed E-state index contributed by atoms with van der Waals surface area (Å²) in [6, 6.07) is 20.3. The van der Waals surface area contributed by atoms with Crippen molar-refractivity contribution >= 4 is 51.7 Å². The lowest BCUT2D eigenvalue weighted by Gasteiger charge is -2.36. The fourth-order valence-electron chi connectivity index (χ4n) is 4.78. The molecule has 1 saturated heterocycles. The first-order valence-electron chi connectivity index (χ1n) is 12.9. The van der Waals surface area contributed by atoms with Gasteiger partial charge < -0.3 is 24.8 Å². The smallest absolute Gasteiger partial charge is 0.325 e. The molecule has 3 aromatic heterocycles. The lowest BCUT2D eigenvalue weighted by molar-refractivity contribution is 0.443. The number of nitrogens with zero attached hydrogens (tertiary/aromatic N) is 5. The minimum atomic E-state index is 0.207. The van der Waals surface area contributed by atoms with Gasteiger partial charge in [0.15, 0.2) is 5.82 Å². The van der Waals surface area contributed by atoms with Crippen LogP contribution in [-0.2, 0) is 0 Å². The average Bonchev–Trinajstić information content (AvgIpc) is 3.57. The quantitative estimate of drug-likeness (QED) is 0.215. The number of H-pyrrole nitrogens is 2. The number of aromatic nitrogens is 5. The first-order chi connectivity index (χ1) is 19.1. The van der Waals surface area contributed by atoms with Crippen LogP contribution in [0.3, 0.4) is 0 Å². The Morgan fingerprint density at radius 2 is 1.74 bits per heavy atom. The topological polar surface area (TPSA) is 98.0 Å².